The summed E-state index contributed by atoms with van der Waals surface area (Å²) in [5, 5.41) is 8.91. The minimum atomic E-state index is -1.12. The first kappa shape index (κ1) is 14.4. The predicted molar refractivity (Wildman–Crippen MR) is 67.3 cm³/mol. The van der Waals surface area contributed by atoms with Crippen molar-refractivity contribution in [1.29, 1.82) is 0 Å². The summed E-state index contributed by atoms with van der Waals surface area (Å²) in [7, 11) is 0. The Labute approximate surface area is 115 Å². The number of benzene rings is 1. The number of carbonyl (C=O) groups is 2. The number of carboxylic acid groups (broad SMARTS) is 1. The molecule has 6 heteroatoms. The molecule has 0 aliphatic heterocycles. The summed E-state index contributed by atoms with van der Waals surface area (Å²) < 4.78 is 26.1. The molecule has 0 heterocycles. The molecule has 0 radical (unpaired) electrons. The quantitative estimate of drug-likeness (QED) is 0.923. The molecular weight excluding hydrogens is 268 g/mol. The van der Waals surface area contributed by atoms with Gasteiger partial charge in [-0.1, -0.05) is 12.8 Å². The van der Waals surface area contributed by atoms with E-state index in [1.807, 2.05) is 0 Å². The van der Waals surface area contributed by atoms with E-state index in [2.05, 4.69) is 0 Å². The van der Waals surface area contributed by atoms with Gasteiger partial charge in [-0.15, -0.1) is 0 Å². The van der Waals surface area contributed by atoms with Gasteiger partial charge in [0.15, 0.2) is 11.6 Å². The fourth-order valence-electron chi connectivity index (χ4n) is 2.52. The van der Waals surface area contributed by atoms with Crippen molar-refractivity contribution < 1.29 is 23.5 Å². The summed E-state index contributed by atoms with van der Waals surface area (Å²) in [6.07, 6.45) is 3.35. The maximum Gasteiger partial charge on any atom is 0.323 e. The number of carboxylic acids is 1. The molecule has 108 valence electrons. The van der Waals surface area contributed by atoms with Gasteiger partial charge in [0.05, 0.1) is 0 Å². The van der Waals surface area contributed by atoms with E-state index in [0.29, 0.717) is 0 Å². The molecule has 0 atom stereocenters. The summed E-state index contributed by atoms with van der Waals surface area (Å²) in [5.74, 6) is -3.84. The van der Waals surface area contributed by atoms with Gasteiger partial charge in [-0.05, 0) is 31.0 Å². The molecule has 0 unspecified atom stereocenters. The smallest absolute Gasteiger partial charge is 0.323 e. The first-order valence-corrected chi connectivity index (χ1v) is 6.47. The molecule has 4 nitrogen and oxygen atoms in total. The fourth-order valence-corrected chi connectivity index (χ4v) is 2.52. The van der Waals surface area contributed by atoms with Gasteiger partial charge in [-0.2, -0.15) is 0 Å². The van der Waals surface area contributed by atoms with Crippen LogP contribution in [0.25, 0.3) is 0 Å². The van der Waals surface area contributed by atoms with Crippen molar-refractivity contribution in [2.45, 2.75) is 31.7 Å². The zero-order valence-corrected chi connectivity index (χ0v) is 10.8. The molecule has 1 amide bonds. The number of rotatable bonds is 4. The Balaban J connectivity index is 2.24. The SMILES string of the molecule is O=C(O)CN(C(=O)c1ccc(F)c(F)c1)C1CCCC1. The molecule has 1 aliphatic rings. The third-order valence-corrected chi connectivity index (χ3v) is 3.50. The first-order valence-electron chi connectivity index (χ1n) is 6.47. The Hall–Kier alpha value is -1.98. The van der Waals surface area contributed by atoms with Gasteiger partial charge in [0, 0.05) is 11.6 Å². The van der Waals surface area contributed by atoms with Gasteiger partial charge < -0.3 is 10.0 Å². The summed E-state index contributed by atoms with van der Waals surface area (Å²) in [4.78, 5) is 24.4. The van der Waals surface area contributed by atoms with Gasteiger partial charge in [0.1, 0.15) is 6.54 Å². The molecule has 1 N–H and O–H groups in total. The van der Waals surface area contributed by atoms with Crippen molar-refractivity contribution in [3.05, 3.63) is 35.4 Å². The second kappa shape index (κ2) is 5.98. The molecule has 0 bridgehead atoms. The van der Waals surface area contributed by atoms with E-state index in [-0.39, 0.29) is 11.6 Å². The highest BCUT2D eigenvalue weighted by Crippen LogP contribution is 2.25. The van der Waals surface area contributed by atoms with E-state index in [1.165, 1.54) is 11.0 Å². The number of carbonyl (C=O) groups excluding carboxylic acids is 1. The summed E-state index contributed by atoms with van der Waals surface area (Å²) in [5.41, 5.74) is -0.0305. The minimum Gasteiger partial charge on any atom is -0.480 e. The van der Waals surface area contributed by atoms with Crippen LogP contribution in [0.15, 0.2) is 18.2 Å². The molecule has 20 heavy (non-hydrogen) atoms. The number of amides is 1. The highest BCUT2D eigenvalue weighted by Gasteiger charge is 2.29. The molecule has 0 saturated heterocycles. The van der Waals surface area contributed by atoms with Crippen LogP contribution < -0.4 is 0 Å². The second-order valence-electron chi connectivity index (χ2n) is 4.89. The van der Waals surface area contributed by atoms with E-state index in [1.54, 1.807) is 0 Å². The molecule has 1 aromatic rings. The summed E-state index contributed by atoms with van der Waals surface area (Å²) in [6.45, 7) is -0.428. The topological polar surface area (TPSA) is 57.6 Å². The Kier molecular flexibility index (Phi) is 4.32. The van der Waals surface area contributed by atoms with Crippen molar-refractivity contribution in [2.75, 3.05) is 6.54 Å². The second-order valence-corrected chi connectivity index (χ2v) is 4.89. The average Bonchev–Trinajstić information content (AvgIpc) is 2.92. The van der Waals surface area contributed by atoms with Gasteiger partial charge in [0.25, 0.3) is 5.91 Å². The predicted octanol–water partition coefficient (Wildman–Crippen LogP) is 2.43. The fraction of sp³-hybridized carbons (Fsp3) is 0.429. The van der Waals surface area contributed by atoms with Crippen molar-refractivity contribution >= 4 is 11.9 Å². The monoisotopic (exact) mass is 283 g/mol. The lowest BCUT2D eigenvalue weighted by Gasteiger charge is -2.27. The van der Waals surface area contributed by atoms with Gasteiger partial charge in [-0.25, -0.2) is 8.78 Å². The molecule has 1 aliphatic carbocycles. The molecule has 1 fully saturated rings. The Morgan fingerprint density at radius 3 is 2.40 bits per heavy atom. The van der Waals surface area contributed by atoms with Crippen molar-refractivity contribution in [3.63, 3.8) is 0 Å². The maximum absolute atomic E-state index is 13.2. The molecule has 2 rings (SSSR count). The van der Waals surface area contributed by atoms with E-state index in [4.69, 9.17) is 5.11 Å². The van der Waals surface area contributed by atoms with E-state index in [9.17, 15) is 18.4 Å². The maximum atomic E-state index is 13.2. The highest BCUT2D eigenvalue weighted by atomic mass is 19.2. The molecule has 1 saturated carbocycles. The lowest BCUT2D eigenvalue weighted by atomic mass is 10.1. The van der Waals surface area contributed by atoms with Crippen LogP contribution in [0.4, 0.5) is 8.78 Å². The molecular formula is C14H15F2NO3. The third-order valence-electron chi connectivity index (χ3n) is 3.50. The van der Waals surface area contributed by atoms with Crippen molar-refractivity contribution in [2.24, 2.45) is 0 Å². The molecule has 1 aromatic carbocycles. The number of halogens is 2. The first-order chi connectivity index (χ1) is 9.49. The Morgan fingerprint density at radius 1 is 1.20 bits per heavy atom. The van der Waals surface area contributed by atoms with Gasteiger partial charge >= 0.3 is 5.97 Å². The number of nitrogens with zero attached hydrogens (tertiary/aromatic N) is 1. The largest absolute Gasteiger partial charge is 0.480 e. The van der Waals surface area contributed by atoms with Crippen LogP contribution in [0.1, 0.15) is 36.0 Å². The Morgan fingerprint density at radius 2 is 1.85 bits per heavy atom. The van der Waals surface area contributed by atoms with Crippen LogP contribution in [0, 0.1) is 11.6 Å². The summed E-state index contributed by atoms with van der Waals surface area (Å²) >= 11 is 0. The third kappa shape index (κ3) is 3.12. The van der Waals surface area contributed by atoms with E-state index in [0.717, 1.165) is 37.8 Å². The van der Waals surface area contributed by atoms with Crippen LogP contribution in [-0.4, -0.2) is 34.5 Å². The minimum absolute atomic E-state index is 0.0305. The van der Waals surface area contributed by atoms with Crippen molar-refractivity contribution in [3.8, 4) is 0 Å². The van der Waals surface area contributed by atoms with Crippen molar-refractivity contribution in [1.82, 2.24) is 4.90 Å². The highest BCUT2D eigenvalue weighted by molar-refractivity contribution is 5.96. The Bertz CT molecular complexity index is 527. The zero-order valence-electron chi connectivity index (χ0n) is 10.8. The van der Waals surface area contributed by atoms with Crippen LogP contribution in [-0.2, 0) is 4.79 Å². The molecule has 0 spiro atoms. The van der Waals surface area contributed by atoms with E-state index < -0.39 is 30.1 Å². The van der Waals surface area contributed by atoms with E-state index >= 15 is 0 Å². The lowest BCUT2D eigenvalue weighted by Crippen LogP contribution is -2.42. The van der Waals surface area contributed by atoms with Crippen LogP contribution >= 0.6 is 0 Å². The molecule has 0 aromatic heterocycles. The normalized spacial score (nSPS) is 15.3. The number of aliphatic carboxylic acids is 1. The average molecular weight is 283 g/mol. The summed E-state index contributed by atoms with van der Waals surface area (Å²) in [6, 6.07) is 2.70. The van der Waals surface area contributed by atoms with Crippen LogP contribution in [0.2, 0.25) is 0 Å². The van der Waals surface area contributed by atoms with Crippen LogP contribution in [0.3, 0.4) is 0 Å². The zero-order chi connectivity index (χ0) is 14.7. The number of hydrogen-bond acceptors (Lipinski definition) is 2. The lowest BCUT2D eigenvalue weighted by molar-refractivity contribution is -0.138. The van der Waals surface area contributed by atoms with Crippen LogP contribution in [0.5, 0.6) is 0 Å². The van der Waals surface area contributed by atoms with Gasteiger partial charge in [-0.3, -0.25) is 9.59 Å². The standard InChI is InChI=1S/C14H15F2NO3/c15-11-6-5-9(7-12(11)16)14(20)17(8-13(18)19)10-3-1-2-4-10/h5-7,10H,1-4,8H2,(H,18,19). The number of hydrogen-bond donors (Lipinski definition) is 1. The van der Waals surface area contributed by atoms with Gasteiger partial charge in [0.2, 0.25) is 0 Å².